The summed E-state index contributed by atoms with van der Waals surface area (Å²) in [4.78, 5) is 2.38. The molecule has 0 radical (unpaired) electrons. The van der Waals surface area contributed by atoms with Gasteiger partial charge in [0.25, 0.3) is 11.9 Å². The highest BCUT2D eigenvalue weighted by atomic mass is 35.5. The van der Waals surface area contributed by atoms with Gasteiger partial charge < -0.3 is 5.32 Å². The molecule has 2 nitrogen and oxygen atoms in total. The number of halogens is 5. The molecule has 82 valence electrons. The first-order valence-corrected chi connectivity index (χ1v) is 4.08. The van der Waals surface area contributed by atoms with Crippen LogP contribution in [0.2, 0.25) is 0 Å². The number of aromatic nitrogens is 1. The average molecular weight is 241 g/mol. The van der Waals surface area contributed by atoms with Crippen LogP contribution >= 0.6 is 11.6 Å². The van der Waals surface area contributed by atoms with Crippen molar-refractivity contribution in [3.05, 3.63) is 35.1 Å². The summed E-state index contributed by atoms with van der Waals surface area (Å²) in [5.74, 6) is -6.66. The van der Waals surface area contributed by atoms with Gasteiger partial charge in [0.05, 0.1) is 6.54 Å². The van der Waals surface area contributed by atoms with Crippen LogP contribution in [0.25, 0.3) is 0 Å². The topological polar surface area (TPSA) is 24.9 Å². The highest BCUT2D eigenvalue weighted by Crippen LogP contribution is 2.22. The van der Waals surface area contributed by atoms with Crippen molar-refractivity contribution in [2.75, 3.05) is 11.9 Å². The fourth-order valence-electron chi connectivity index (χ4n) is 0.826. The maximum absolute atomic E-state index is 12.9. The van der Waals surface area contributed by atoms with Gasteiger partial charge in [0.15, 0.2) is 0 Å². The molecule has 0 saturated heterocycles. The Hall–Kier alpha value is -1.30. The molecule has 0 unspecified atom stereocenters. The lowest BCUT2D eigenvalue weighted by atomic mass is 10.3. The zero-order valence-electron chi connectivity index (χ0n) is 7.25. The first-order valence-electron chi connectivity index (χ1n) is 3.70. The van der Waals surface area contributed by atoms with Gasteiger partial charge in [-0.1, -0.05) is 18.2 Å². The van der Waals surface area contributed by atoms with Gasteiger partial charge in [0.2, 0.25) is 11.6 Å². The molecule has 15 heavy (non-hydrogen) atoms. The third kappa shape index (κ3) is 2.59. The lowest BCUT2D eigenvalue weighted by Crippen LogP contribution is -2.10. The monoisotopic (exact) mass is 240 g/mol. The molecule has 0 amide bonds. The van der Waals surface area contributed by atoms with Crippen LogP contribution in [0.4, 0.5) is 23.2 Å². The predicted octanol–water partition coefficient (Wildman–Crippen LogP) is 2.80. The van der Waals surface area contributed by atoms with E-state index in [9.17, 15) is 17.6 Å². The molecule has 0 fully saturated rings. The summed E-state index contributed by atoms with van der Waals surface area (Å²) in [5.41, 5.74) is -0.957. The lowest BCUT2D eigenvalue weighted by molar-refractivity contribution is 0.411. The lowest BCUT2D eigenvalue weighted by Gasteiger charge is -2.07. The molecule has 7 heteroatoms. The number of rotatable bonds is 3. The Labute approximate surface area is 87.6 Å². The number of nitrogens with zero attached hydrogens (tertiary/aromatic N) is 1. The summed E-state index contributed by atoms with van der Waals surface area (Å²) in [6.45, 7) is 3.01. The van der Waals surface area contributed by atoms with Crippen molar-refractivity contribution in [1.82, 2.24) is 4.98 Å². The quantitative estimate of drug-likeness (QED) is 0.649. The molecule has 0 saturated carbocycles. The van der Waals surface area contributed by atoms with Crippen LogP contribution in [-0.4, -0.2) is 11.5 Å². The Kier molecular flexibility index (Phi) is 3.52. The molecular formula is C8H5ClF4N2. The van der Waals surface area contributed by atoms with Crippen LogP contribution in [-0.2, 0) is 0 Å². The largest absolute Gasteiger partial charge is 0.375 e. The second-order valence-electron chi connectivity index (χ2n) is 2.57. The van der Waals surface area contributed by atoms with Gasteiger partial charge in [-0.05, 0) is 0 Å². The SMILES string of the molecule is C=C(Cl)CNc1c(F)c(F)nc(F)c1F. The standard InChI is InChI=1S/C8H5ClF4N2/c1-3(9)2-14-6-4(10)7(12)15-8(13)5(6)11/h1-2H2,(H,14,15). The molecule has 0 spiro atoms. The first kappa shape index (κ1) is 11.8. The van der Waals surface area contributed by atoms with Crippen LogP contribution in [0.15, 0.2) is 11.6 Å². The van der Waals surface area contributed by atoms with Crippen molar-refractivity contribution in [2.24, 2.45) is 0 Å². The van der Waals surface area contributed by atoms with Gasteiger partial charge in [-0.25, -0.2) is 0 Å². The Morgan fingerprint density at radius 3 is 2.07 bits per heavy atom. The molecule has 1 heterocycles. The fraction of sp³-hybridized carbons (Fsp3) is 0.125. The van der Waals surface area contributed by atoms with E-state index in [0.29, 0.717) is 0 Å². The van der Waals surface area contributed by atoms with Crippen LogP contribution in [0.5, 0.6) is 0 Å². The van der Waals surface area contributed by atoms with Gasteiger partial charge >= 0.3 is 0 Å². The smallest absolute Gasteiger partial charge is 0.253 e. The minimum atomic E-state index is -1.73. The minimum absolute atomic E-state index is 0.0337. The maximum atomic E-state index is 12.9. The second kappa shape index (κ2) is 4.48. The Bertz CT molecular complexity index is 382. The number of anilines is 1. The van der Waals surface area contributed by atoms with Crippen LogP contribution in [0.3, 0.4) is 0 Å². The summed E-state index contributed by atoms with van der Waals surface area (Å²) in [5, 5.41) is 2.09. The predicted molar refractivity (Wildman–Crippen MR) is 47.6 cm³/mol. The van der Waals surface area contributed by atoms with Crippen LogP contribution < -0.4 is 5.32 Å². The van der Waals surface area contributed by atoms with E-state index in [0.717, 1.165) is 0 Å². The molecule has 0 aliphatic heterocycles. The van der Waals surface area contributed by atoms with Crippen molar-refractivity contribution in [3.8, 4) is 0 Å². The van der Waals surface area contributed by atoms with Crippen LogP contribution in [0, 0.1) is 23.5 Å². The van der Waals surface area contributed by atoms with Crippen molar-refractivity contribution in [2.45, 2.75) is 0 Å². The Morgan fingerprint density at radius 2 is 1.67 bits per heavy atom. The van der Waals surface area contributed by atoms with E-state index < -0.39 is 29.2 Å². The van der Waals surface area contributed by atoms with Crippen molar-refractivity contribution in [1.29, 1.82) is 0 Å². The molecule has 1 aromatic heterocycles. The second-order valence-corrected chi connectivity index (χ2v) is 3.10. The zero-order chi connectivity index (χ0) is 11.6. The highest BCUT2D eigenvalue weighted by Gasteiger charge is 2.20. The number of hydrogen-bond acceptors (Lipinski definition) is 2. The van der Waals surface area contributed by atoms with Gasteiger partial charge in [0, 0.05) is 5.03 Å². The number of nitrogens with one attached hydrogen (secondary N) is 1. The zero-order valence-corrected chi connectivity index (χ0v) is 8.01. The van der Waals surface area contributed by atoms with Crippen molar-refractivity contribution >= 4 is 17.3 Å². The summed E-state index contributed by atoms with van der Waals surface area (Å²) in [6, 6.07) is 0. The van der Waals surface area contributed by atoms with Crippen molar-refractivity contribution in [3.63, 3.8) is 0 Å². The molecule has 0 bridgehead atoms. The Morgan fingerprint density at radius 1 is 1.20 bits per heavy atom. The van der Waals surface area contributed by atoms with Gasteiger partial charge in [-0.3, -0.25) is 0 Å². The molecule has 0 aliphatic rings. The third-order valence-corrected chi connectivity index (χ3v) is 1.59. The van der Waals surface area contributed by atoms with E-state index in [1.54, 1.807) is 0 Å². The first-order chi connectivity index (χ1) is 6.93. The summed E-state index contributed by atoms with van der Waals surface area (Å²) in [7, 11) is 0. The van der Waals surface area contributed by atoms with E-state index >= 15 is 0 Å². The third-order valence-electron chi connectivity index (χ3n) is 1.45. The van der Waals surface area contributed by atoms with Gasteiger partial charge in [-0.15, -0.1) is 0 Å². The minimum Gasteiger partial charge on any atom is -0.375 e. The molecule has 1 aromatic rings. The van der Waals surface area contributed by atoms with E-state index in [2.05, 4.69) is 16.9 Å². The molecule has 0 atom stereocenters. The molecule has 1 rings (SSSR count). The fourth-order valence-corrected chi connectivity index (χ4v) is 0.893. The number of pyridine rings is 1. The summed E-state index contributed by atoms with van der Waals surface area (Å²) < 4.78 is 50.9. The van der Waals surface area contributed by atoms with E-state index in [1.807, 2.05) is 0 Å². The summed E-state index contributed by atoms with van der Waals surface area (Å²) >= 11 is 5.31. The van der Waals surface area contributed by atoms with E-state index in [-0.39, 0.29) is 11.6 Å². The van der Waals surface area contributed by atoms with E-state index in [4.69, 9.17) is 11.6 Å². The van der Waals surface area contributed by atoms with Crippen molar-refractivity contribution < 1.29 is 17.6 Å². The summed E-state index contributed by atoms with van der Waals surface area (Å²) in [6.07, 6.45) is 0. The molecule has 1 N–H and O–H groups in total. The molecular weight excluding hydrogens is 236 g/mol. The molecule has 0 aliphatic carbocycles. The van der Waals surface area contributed by atoms with Gasteiger partial charge in [-0.2, -0.15) is 22.5 Å². The van der Waals surface area contributed by atoms with E-state index in [1.165, 1.54) is 0 Å². The normalized spacial score (nSPS) is 10.2. The highest BCUT2D eigenvalue weighted by molar-refractivity contribution is 6.29. The molecule has 0 aromatic carbocycles. The Balaban J connectivity index is 3.09. The average Bonchev–Trinajstić information content (AvgIpc) is 2.14. The number of hydrogen-bond donors (Lipinski definition) is 1. The maximum Gasteiger partial charge on any atom is 0.253 e. The van der Waals surface area contributed by atoms with Gasteiger partial charge in [0.1, 0.15) is 5.69 Å². The van der Waals surface area contributed by atoms with Crippen LogP contribution in [0.1, 0.15) is 0 Å².